The van der Waals surface area contributed by atoms with Gasteiger partial charge in [-0.2, -0.15) is 5.10 Å². The molecule has 0 heterocycles. The molecule has 0 radical (unpaired) electrons. The highest BCUT2D eigenvalue weighted by molar-refractivity contribution is 9.10. The Morgan fingerprint density at radius 2 is 1.69 bits per heavy atom. The number of nitro benzene ring substituents is 1. The van der Waals surface area contributed by atoms with Gasteiger partial charge in [-0.1, -0.05) is 12.1 Å². The second kappa shape index (κ2) is 12.9. The molecule has 0 aliphatic carbocycles. The molecule has 0 saturated carbocycles. The van der Waals surface area contributed by atoms with Crippen molar-refractivity contribution >= 4 is 45.6 Å². The highest BCUT2D eigenvalue weighted by atomic mass is 79.9. The molecule has 0 unspecified atom stereocenters. The van der Waals surface area contributed by atoms with Gasteiger partial charge in [0.05, 0.1) is 22.3 Å². The molecule has 0 fully saturated rings. The summed E-state index contributed by atoms with van der Waals surface area (Å²) in [6.45, 7) is 0.345. The highest BCUT2D eigenvalue weighted by Gasteiger charge is 2.12. The van der Waals surface area contributed by atoms with E-state index in [0.29, 0.717) is 28.6 Å². The normalized spacial score (nSPS) is 10.6. The Bertz CT molecular complexity index is 1280. The number of rotatable bonds is 10. The van der Waals surface area contributed by atoms with Crippen LogP contribution in [0, 0.1) is 10.1 Å². The van der Waals surface area contributed by atoms with E-state index in [0.717, 1.165) is 0 Å². The summed E-state index contributed by atoms with van der Waals surface area (Å²) in [6, 6.07) is 18.6. The monoisotopic (exact) mass is 552 g/mol. The van der Waals surface area contributed by atoms with Crippen LogP contribution in [0.25, 0.3) is 0 Å². The number of benzene rings is 3. The zero-order valence-electron chi connectivity index (χ0n) is 18.8. The second-order valence-corrected chi connectivity index (χ2v) is 8.25. The Balaban J connectivity index is 1.38. The molecule has 184 valence electrons. The third kappa shape index (κ3) is 7.84. The molecule has 3 rings (SSSR count). The lowest BCUT2D eigenvalue weighted by atomic mass is 10.2. The van der Waals surface area contributed by atoms with Crippen LogP contribution in [-0.2, 0) is 4.79 Å². The van der Waals surface area contributed by atoms with Crippen LogP contribution < -0.4 is 15.5 Å². The van der Waals surface area contributed by atoms with Crippen LogP contribution in [0.3, 0.4) is 0 Å². The van der Waals surface area contributed by atoms with Crippen molar-refractivity contribution in [1.29, 1.82) is 0 Å². The Kier molecular flexibility index (Phi) is 9.40. The van der Waals surface area contributed by atoms with Crippen molar-refractivity contribution < 1.29 is 24.0 Å². The summed E-state index contributed by atoms with van der Waals surface area (Å²) in [5, 5.41) is 17.4. The number of nitrogens with zero attached hydrogens (tertiary/aromatic N) is 2. The molecule has 0 aliphatic rings. The molecule has 3 aromatic carbocycles. The van der Waals surface area contributed by atoms with Crippen molar-refractivity contribution in [3.05, 3.63) is 104 Å². The van der Waals surface area contributed by atoms with Crippen molar-refractivity contribution in [3.8, 4) is 5.75 Å². The summed E-state index contributed by atoms with van der Waals surface area (Å²) in [5.74, 6) is -0.881. The highest BCUT2D eigenvalue weighted by Crippen LogP contribution is 2.17. The molecule has 0 bridgehead atoms. The largest absolute Gasteiger partial charge is 0.423 e. The molecule has 0 atom stereocenters. The van der Waals surface area contributed by atoms with E-state index in [1.165, 1.54) is 30.5 Å². The number of nitro groups is 1. The SMILES string of the molecule is O=C(CCCNC(=O)c1ccccc1Br)N/N=C\c1ccc(OC(=O)c2ccc([N+](=O)[O-])cc2)cc1. The number of nitrogens with one attached hydrogen (secondary N) is 2. The number of hydrogen-bond donors (Lipinski definition) is 2. The lowest BCUT2D eigenvalue weighted by molar-refractivity contribution is -0.384. The van der Waals surface area contributed by atoms with Crippen LogP contribution in [-0.4, -0.2) is 35.5 Å². The van der Waals surface area contributed by atoms with Crippen molar-refractivity contribution in [2.24, 2.45) is 5.10 Å². The van der Waals surface area contributed by atoms with Crippen molar-refractivity contribution in [1.82, 2.24) is 10.7 Å². The van der Waals surface area contributed by atoms with Crippen LogP contribution >= 0.6 is 15.9 Å². The van der Waals surface area contributed by atoms with E-state index in [9.17, 15) is 24.5 Å². The van der Waals surface area contributed by atoms with E-state index in [-0.39, 0.29) is 35.2 Å². The topological polar surface area (TPSA) is 140 Å². The summed E-state index contributed by atoms with van der Waals surface area (Å²) < 4.78 is 5.95. The summed E-state index contributed by atoms with van der Waals surface area (Å²) in [5.41, 5.74) is 3.66. The average Bonchev–Trinajstić information content (AvgIpc) is 2.88. The predicted molar refractivity (Wildman–Crippen MR) is 136 cm³/mol. The lowest BCUT2D eigenvalue weighted by Gasteiger charge is -2.06. The Hall–Kier alpha value is -4.38. The molecule has 36 heavy (non-hydrogen) atoms. The molecule has 10 nitrogen and oxygen atoms in total. The van der Waals surface area contributed by atoms with Gasteiger partial charge >= 0.3 is 5.97 Å². The van der Waals surface area contributed by atoms with E-state index in [1.54, 1.807) is 42.5 Å². The standard InChI is InChI=1S/C25H21BrN4O6/c26-22-5-2-1-4-21(22)24(32)27-15-3-6-23(31)29-28-16-17-7-13-20(14-8-17)36-25(33)18-9-11-19(12-10-18)30(34)35/h1-2,4-5,7-14,16H,3,6,15H2,(H,27,32)(H,29,31)/b28-16-. The second-order valence-electron chi connectivity index (χ2n) is 7.40. The van der Waals surface area contributed by atoms with Gasteiger partial charge in [0.1, 0.15) is 5.75 Å². The number of ether oxygens (including phenoxy) is 1. The number of esters is 1. The number of carbonyl (C=O) groups is 3. The van der Waals surface area contributed by atoms with Crippen LogP contribution in [0.15, 0.2) is 82.4 Å². The average molecular weight is 553 g/mol. The Morgan fingerprint density at radius 1 is 1.00 bits per heavy atom. The van der Waals surface area contributed by atoms with E-state index in [2.05, 4.69) is 31.8 Å². The van der Waals surface area contributed by atoms with Crippen LogP contribution in [0.4, 0.5) is 5.69 Å². The van der Waals surface area contributed by atoms with Crippen LogP contribution in [0.5, 0.6) is 5.75 Å². The molecule has 0 aromatic heterocycles. The van der Waals surface area contributed by atoms with Crippen molar-refractivity contribution in [2.75, 3.05) is 6.54 Å². The zero-order valence-corrected chi connectivity index (χ0v) is 20.4. The third-order valence-electron chi connectivity index (χ3n) is 4.79. The van der Waals surface area contributed by atoms with Crippen molar-refractivity contribution in [2.45, 2.75) is 12.8 Å². The molecule has 0 saturated heterocycles. The van der Waals surface area contributed by atoms with Gasteiger partial charge in [0.25, 0.3) is 11.6 Å². The summed E-state index contributed by atoms with van der Waals surface area (Å²) >= 11 is 3.33. The van der Waals surface area contributed by atoms with Gasteiger partial charge in [0, 0.05) is 29.6 Å². The van der Waals surface area contributed by atoms with Gasteiger partial charge in [-0.3, -0.25) is 19.7 Å². The first-order chi connectivity index (χ1) is 17.3. The molecule has 2 amide bonds. The fraction of sp³-hybridized carbons (Fsp3) is 0.120. The number of amides is 2. The fourth-order valence-electron chi connectivity index (χ4n) is 2.93. The minimum absolute atomic E-state index is 0.120. The number of halogens is 1. The van der Waals surface area contributed by atoms with E-state index in [1.807, 2.05) is 6.07 Å². The van der Waals surface area contributed by atoms with Crippen LogP contribution in [0.2, 0.25) is 0 Å². The smallest absolute Gasteiger partial charge is 0.343 e. The predicted octanol–water partition coefficient (Wildman–Crippen LogP) is 4.24. The Morgan fingerprint density at radius 3 is 2.36 bits per heavy atom. The van der Waals surface area contributed by atoms with E-state index in [4.69, 9.17) is 4.74 Å². The lowest BCUT2D eigenvalue weighted by Crippen LogP contribution is -2.26. The third-order valence-corrected chi connectivity index (χ3v) is 5.48. The zero-order chi connectivity index (χ0) is 25.9. The first-order valence-corrected chi connectivity index (χ1v) is 11.5. The van der Waals surface area contributed by atoms with Gasteiger partial charge in [-0.25, -0.2) is 10.2 Å². The molecule has 0 aliphatic heterocycles. The molecule has 0 spiro atoms. The minimum atomic E-state index is -0.647. The van der Waals surface area contributed by atoms with Gasteiger partial charge in [0.2, 0.25) is 5.91 Å². The molecule has 3 aromatic rings. The molecular weight excluding hydrogens is 532 g/mol. The number of hydrazone groups is 1. The van der Waals surface area contributed by atoms with Gasteiger partial charge < -0.3 is 10.1 Å². The summed E-state index contributed by atoms with van der Waals surface area (Å²) in [4.78, 5) is 46.4. The fourth-order valence-corrected chi connectivity index (χ4v) is 3.40. The quantitative estimate of drug-likeness (QED) is 0.0962. The van der Waals surface area contributed by atoms with Gasteiger partial charge in [-0.15, -0.1) is 0 Å². The maximum atomic E-state index is 12.2. The summed E-state index contributed by atoms with van der Waals surface area (Å²) in [6.07, 6.45) is 2.08. The maximum absolute atomic E-state index is 12.2. The molecule has 2 N–H and O–H groups in total. The van der Waals surface area contributed by atoms with Gasteiger partial charge in [-0.05, 0) is 76.4 Å². The first kappa shape index (κ1) is 26.2. The summed E-state index contributed by atoms with van der Waals surface area (Å²) in [7, 11) is 0. The van der Waals surface area contributed by atoms with E-state index >= 15 is 0 Å². The maximum Gasteiger partial charge on any atom is 0.343 e. The number of carbonyl (C=O) groups excluding carboxylic acids is 3. The van der Waals surface area contributed by atoms with Crippen LogP contribution in [0.1, 0.15) is 39.1 Å². The van der Waals surface area contributed by atoms with E-state index < -0.39 is 10.9 Å². The molecular formula is C25H21BrN4O6. The Labute approximate surface area is 214 Å². The van der Waals surface area contributed by atoms with Crippen molar-refractivity contribution in [3.63, 3.8) is 0 Å². The number of non-ortho nitro benzene ring substituents is 1. The van der Waals surface area contributed by atoms with Gasteiger partial charge in [0.15, 0.2) is 0 Å². The minimum Gasteiger partial charge on any atom is -0.423 e. The molecule has 11 heteroatoms. The first-order valence-electron chi connectivity index (χ1n) is 10.7. The number of hydrogen-bond acceptors (Lipinski definition) is 7.